The fourth-order valence-electron chi connectivity index (χ4n) is 3.15. The summed E-state index contributed by atoms with van der Waals surface area (Å²) in [6, 6.07) is 10.3. The van der Waals surface area contributed by atoms with Crippen molar-refractivity contribution in [3.63, 3.8) is 0 Å². The summed E-state index contributed by atoms with van der Waals surface area (Å²) in [6.07, 6.45) is 5.79. The first-order valence-corrected chi connectivity index (χ1v) is 8.95. The number of aromatic nitrogens is 1. The molecule has 1 N–H and O–H groups in total. The van der Waals surface area contributed by atoms with Crippen LogP contribution in [0.3, 0.4) is 0 Å². The quantitative estimate of drug-likeness (QED) is 0.910. The number of hydrogen-bond acceptors (Lipinski definition) is 2. The zero-order valence-electron chi connectivity index (χ0n) is 14.7. The smallest absolute Gasteiger partial charge is 0.255 e. The topological polar surface area (TPSA) is 56.4 Å². The van der Waals surface area contributed by atoms with Crippen molar-refractivity contribution < 1.29 is 9.59 Å². The summed E-state index contributed by atoms with van der Waals surface area (Å²) in [6.45, 7) is 4.56. The number of rotatable bonds is 5. The number of carbonyl (C=O) groups is 2. The predicted molar refractivity (Wildman–Crippen MR) is 97.4 cm³/mol. The lowest BCUT2D eigenvalue weighted by molar-refractivity contribution is -0.132. The standard InChI is InChI=1S/C20H25N3O2/c1-2-16-3-5-17(6-4-16)7-8-19(24)22-11-13-23(14-12-22)20(25)18-9-10-21-15-18/h3-6,9-10,15,21H,2,7-8,11-14H2,1H3. The van der Waals surface area contributed by atoms with E-state index in [1.54, 1.807) is 18.5 Å². The van der Waals surface area contributed by atoms with Gasteiger partial charge in [0.05, 0.1) is 5.56 Å². The van der Waals surface area contributed by atoms with Crippen LogP contribution in [-0.2, 0) is 17.6 Å². The van der Waals surface area contributed by atoms with E-state index in [1.165, 1.54) is 11.1 Å². The normalized spacial score (nSPS) is 14.6. The fourth-order valence-corrected chi connectivity index (χ4v) is 3.15. The zero-order chi connectivity index (χ0) is 17.6. The van der Waals surface area contributed by atoms with Crippen LogP contribution in [0.25, 0.3) is 0 Å². The lowest BCUT2D eigenvalue weighted by Gasteiger charge is -2.34. The molecule has 0 bridgehead atoms. The molecule has 1 aliphatic rings. The lowest BCUT2D eigenvalue weighted by Crippen LogP contribution is -2.50. The molecule has 1 fully saturated rings. The molecule has 3 rings (SSSR count). The van der Waals surface area contributed by atoms with Crippen molar-refractivity contribution in [2.24, 2.45) is 0 Å². The zero-order valence-corrected chi connectivity index (χ0v) is 14.7. The first kappa shape index (κ1) is 17.3. The van der Waals surface area contributed by atoms with Gasteiger partial charge in [-0.1, -0.05) is 31.2 Å². The Bertz CT molecular complexity index is 699. The number of carbonyl (C=O) groups excluding carboxylic acids is 2. The van der Waals surface area contributed by atoms with Crippen LogP contribution in [0, 0.1) is 0 Å². The van der Waals surface area contributed by atoms with Crippen molar-refractivity contribution in [3.8, 4) is 0 Å². The molecule has 0 spiro atoms. The van der Waals surface area contributed by atoms with Gasteiger partial charge in [0.2, 0.25) is 5.91 Å². The highest BCUT2D eigenvalue weighted by molar-refractivity contribution is 5.94. The highest BCUT2D eigenvalue weighted by Gasteiger charge is 2.24. The second kappa shape index (κ2) is 8.01. The minimum Gasteiger partial charge on any atom is -0.367 e. The van der Waals surface area contributed by atoms with Gasteiger partial charge >= 0.3 is 0 Å². The Labute approximate surface area is 148 Å². The minimum absolute atomic E-state index is 0.0318. The predicted octanol–water partition coefficient (Wildman–Crippen LogP) is 2.49. The van der Waals surface area contributed by atoms with Gasteiger partial charge in [-0.3, -0.25) is 9.59 Å². The monoisotopic (exact) mass is 339 g/mol. The van der Waals surface area contributed by atoms with Gasteiger partial charge in [-0.05, 0) is 30.0 Å². The van der Waals surface area contributed by atoms with Crippen molar-refractivity contribution in [2.75, 3.05) is 26.2 Å². The maximum absolute atomic E-state index is 12.4. The molecular weight excluding hydrogens is 314 g/mol. The van der Waals surface area contributed by atoms with Crippen molar-refractivity contribution in [2.45, 2.75) is 26.2 Å². The molecule has 0 saturated carbocycles. The van der Waals surface area contributed by atoms with E-state index in [0.717, 1.165) is 12.8 Å². The number of H-pyrrole nitrogens is 1. The largest absolute Gasteiger partial charge is 0.367 e. The van der Waals surface area contributed by atoms with Crippen LogP contribution in [0.5, 0.6) is 0 Å². The summed E-state index contributed by atoms with van der Waals surface area (Å²) in [5.74, 6) is 0.206. The molecule has 25 heavy (non-hydrogen) atoms. The third-order valence-corrected chi connectivity index (χ3v) is 4.82. The Morgan fingerprint density at radius 2 is 1.60 bits per heavy atom. The van der Waals surface area contributed by atoms with E-state index in [2.05, 4.69) is 36.2 Å². The van der Waals surface area contributed by atoms with Gasteiger partial charge in [0, 0.05) is 45.0 Å². The van der Waals surface area contributed by atoms with Gasteiger partial charge in [0.25, 0.3) is 5.91 Å². The fraction of sp³-hybridized carbons (Fsp3) is 0.400. The van der Waals surface area contributed by atoms with Crippen LogP contribution in [0.1, 0.15) is 34.8 Å². The number of nitrogens with one attached hydrogen (secondary N) is 1. The van der Waals surface area contributed by atoms with E-state index >= 15 is 0 Å². The van der Waals surface area contributed by atoms with Crippen LogP contribution in [0.2, 0.25) is 0 Å². The molecule has 2 aromatic rings. The van der Waals surface area contributed by atoms with Gasteiger partial charge in [-0.15, -0.1) is 0 Å². The molecular formula is C20H25N3O2. The summed E-state index contributed by atoms with van der Waals surface area (Å²) in [5.41, 5.74) is 3.19. The molecule has 1 aromatic heterocycles. The maximum atomic E-state index is 12.4. The van der Waals surface area contributed by atoms with Crippen LogP contribution in [0.15, 0.2) is 42.7 Å². The third-order valence-electron chi connectivity index (χ3n) is 4.82. The maximum Gasteiger partial charge on any atom is 0.255 e. The van der Waals surface area contributed by atoms with E-state index in [0.29, 0.717) is 38.2 Å². The molecule has 0 atom stereocenters. The summed E-state index contributed by atoms with van der Waals surface area (Å²) < 4.78 is 0. The van der Waals surface area contributed by atoms with E-state index in [-0.39, 0.29) is 11.8 Å². The highest BCUT2D eigenvalue weighted by Crippen LogP contribution is 2.12. The number of piperazine rings is 1. The number of aryl methyl sites for hydroxylation is 2. The first-order chi connectivity index (χ1) is 12.2. The summed E-state index contributed by atoms with van der Waals surface area (Å²) >= 11 is 0. The van der Waals surface area contributed by atoms with Crippen molar-refractivity contribution >= 4 is 11.8 Å². The number of benzene rings is 1. The van der Waals surface area contributed by atoms with Gasteiger partial charge < -0.3 is 14.8 Å². The highest BCUT2D eigenvalue weighted by atomic mass is 16.2. The molecule has 2 amide bonds. The van der Waals surface area contributed by atoms with Gasteiger partial charge in [-0.25, -0.2) is 0 Å². The van der Waals surface area contributed by atoms with Gasteiger partial charge in [-0.2, -0.15) is 0 Å². The molecule has 132 valence electrons. The van der Waals surface area contributed by atoms with Crippen LogP contribution in [0.4, 0.5) is 0 Å². The number of aromatic amines is 1. The van der Waals surface area contributed by atoms with Gasteiger partial charge in [0.1, 0.15) is 0 Å². The summed E-state index contributed by atoms with van der Waals surface area (Å²) in [7, 11) is 0. The summed E-state index contributed by atoms with van der Waals surface area (Å²) in [4.78, 5) is 31.3. The molecule has 0 aliphatic carbocycles. The minimum atomic E-state index is 0.0318. The van der Waals surface area contributed by atoms with E-state index in [9.17, 15) is 9.59 Å². The second-order valence-corrected chi connectivity index (χ2v) is 6.44. The molecule has 0 radical (unpaired) electrons. The Kier molecular flexibility index (Phi) is 5.53. The van der Waals surface area contributed by atoms with E-state index < -0.39 is 0 Å². The SMILES string of the molecule is CCc1ccc(CCC(=O)N2CCN(C(=O)c3cc[nH]c3)CC2)cc1. The Morgan fingerprint density at radius 1 is 0.960 bits per heavy atom. The number of amides is 2. The second-order valence-electron chi connectivity index (χ2n) is 6.44. The van der Waals surface area contributed by atoms with Crippen LogP contribution in [-0.4, -0.2) is 52.8 Å². The summed E-state index contributed by atoms with van der Waals surface area (Å²) in [5, 5.41) is 0. The molecule has 1 aromatic carbocycles. The number of nitrogens with zero attached hydrogens (tertiary/aromatic N) is 2. The van der Waals surface area contributed by atoms with Crippen LogP contribution < -0.4 is 0 Å². The number of hydrogen-bond donors (Lipinski definition) is 1. The van der Waals surface area contributed by atoms with E-state index in [1.807, 2.05) is 9.80 Å². The molecule has 2 heterocycles. The molecule has 1 saturated heterocycles. The van der Waals surface area contributed by atoms with Crippen molar-refractivity contribution in [3.05, 3.63) is 59.4 Å². The Hall–Kier alpha value is -2.56. The van der Waals surface area contributed by atoms with Crippen LogP contribution >= 0.6 is 0 Å². The van der Waals surface area contributed by atoms with E-state index in [4.69, 9.17) is 0 Å². The van der Waals surface area contributed by atoms with Crippen molar-refractivity contribution in [1.29, 1.82) is 0 Å². The average molecular weight is 339 g/mol. The Morgan fingerprint density at radius 3 is 2.20 bits per heavy atom. The molecule has 0 unspecified atom stereocenters. The lowest BCUT2D eigenvalue weighted by atomic mass is 10.1. The third kappa shape index (κ3) is 4.29. The molecule has 1 aliphatic heterocycles. The molecule has 5 heteroatoms. The van der Waals surface area contributed by atoms with Crippen molar-refractivity contribution in [1.82, 2.24) is 14.8 Å². The Balaban J connectivity index is 1.45. The van der Waals surface area contributed by atoms with Gasteiger partial charge in [0.15, 0.2) is 0 Å². The average Bonchev–Trinajstić information content (AvgIpc) is 3.21. The first-order valence-electron chi connectivity index (χ1n) is 8.95. The molecule has 5 nitrogen and oxygen atoms in total.